The number of nitrogens with zero attached hydrogens (tertiary/aromatic N) is 2. The van der Waals surface area contributed by atoms with Crippen molar-refractivity contribution in [3.63, 3.8) is 0 Å². The van der Waals surface area contributed by atoms with Gasteiger partial charge in [-0.15, -0.1) is 0 Å². The summed E-state index contributed by atoms with van der Waals surface area (Å²) in [5.74, 6) is -0.498. The Labute approximate surface area is 141 Å². The van der Waals surface area contributed by atoms with Crippen molar-refractivity contribution in [2.45, 2.75) is 45.1 Å². The van der Waals surface area contributed by atoms with Gasteiger partial charge in [-0.25, -0.2) is 9.59 Å². The molecule has 132 valence electrons. The Hall–Kier alpha value is -2.05. The number of carbonyl (C=O) groups excluding carboxylic acids is 3. The van der Waals surface area contributed by atoms with Crippen molar-refractivity contribution in [1.82, 2.24) is 9.80 Å². The van der Waals surface area contributed by atoms with Crippen LogP contribution in [0.5, 0.6) is 0 Å². The van der Waals surface area contributed by atoms with Gasteiger partial charge in [0.05, 0.1) is 12.2 Å². The second-order valence-electron chi connectivity index (χ2n) is 6.57. The fourth-order valence-electron chi connectivity index (χ4n) is 3.80. The second-order valence-corrected chi connectivity index (χ2v) is 6.57. The number of esters is 1. The number of piperidine rings is 1. The monoisotopic (exact) mass is 336 g/mol. The van der Waals surface area contributed by atoms with Crippen LogP contribution in [0, 0.1) is 0 Å². The maximum atomic E-state index is 12.9. The minimum absolute atomic E-state index is 0.0829. The molecule has 7 heteroatoms. The van der Waals surface area contributed by atoms with Crippen molar-refractivity contribution in [2.24, 2.45) is 0 Å². The molecule has 0 bridgehead atoms. The molecule has 2 fully saturated rings. The van der Waals surface area contributed by atoms with Crippen molar-refractivity contribution in [3.05, 3.63) is 11.1 Å². The Morgan fingerprint density at radius 1 is 1.12 bits per heavy atom. The van der Waals surface area contributed by atoms with E-state index in [2.05, 4.69) is 0 Å². The van der Waals surface area contributed by atoms with Crippen molar-refractivity contribution in [3.8, 4) is 0 Å². The molecule has 0 aromatic heterocycles. The van der Waals surface area contributed by atoms with Crippen LogP contribution in [-0.2, 0) is 19.1 Å². The third-order valence-electron chi connectivity index (χ3n) is 5.13. The van der Waals surface area contributed by atoms with Gasteiger partial charge in [-0.1, -0.05) is 0 Å². The first-order valence-corrected chi connectivity index (χ1v) is 8.64. The fourth-order valence-corrected chi connectivity index (χ4v) is 3.80. The van der Waals surface area contributed by atoms with Crippen LogP contribution < -0.4 is 0 Å². The van der Waals surface area contributed by atoms with Crippen molar-refractivity contribution in [1.29, 1.82) is 0 Å². The van der Waals surface area contributed by atoms with Gasteiger partial charge in [0, 0.05) is 44.6 Å². The summed E-state index contributed by atoms with van der Waals surface area (Å²) in [7, 11) is 0. The number of likely N-dealkylation sites (tertiary alicyclic amines) is 2. The Morgan fingerprint density at radius 3 is 2.33 bits per heavy atom. The molecule has 0 N–H and O–H groups in total. The quantitative estimate of drug-likeness (QED) is 0.714. The highest BCUT2D eigenvalue weighted by Gasteiger charge is 2.52. The van der Waals surface area contributed by atoms with Crippen molar-refractivity contribution < 1.29 is 23.9 Å². The van der Waals surface area contributed by atoms with E-state index in [0.717, 1.165) is 25.9 Å². The second kappa shape index (κ2) is 6.45. The van der Waals surface area contributed by atoms with Gasteiger partial charge in [-0.2, -0.15) is 0 Å². The number of hydrogen-bond donors (Lipinski definition) is 0. The zero-order valence-electron chi connectivity index (χ0n) is 14.3. The van der Waals surface area contributed by atoms with E-state index in [-0.39, 0.29) is 12.0 Å². The smallest absolute Gasteiger partial charge is 0.409 e. The third-order valence-corrected chi connectivity index (χ3v) is 5.13. The van der Waals surface area contributed by atoms with E-state index < -0.39 is 11.6 Å². The number of amides is 2. The van der Waals surface area contributed by atoms with E-state index in [0.29, 0.717) is 43.7 Å². The number of carbonyl (C=O) groups is 3. The molecule has 2 saturated heterocycles. The highest BCUT2D eigenvalue weighted by atomic mass is 16.6. The summed E-state index contributed by atoms with van der Waals surface area (Å²) >= 11 is 0. The van der Waals surface area contributed by atoms with E-state index in [1.807, 2.05) is 0 Å². The summed E-state index contributed by atoms with van der Waals surface area (Å²) in [4.78, 5) is 40.3. The van der Waals surface area contributed by atoms with Gasteiger partial charge in [0.25, 0.3) is 5.91 Å². The Kier molecular flexibility index (Phi) is 4.51. The molecule has 0 saturated carbocycles. The van der Waals surface area contributed by atoms with E-state index in [1.54, 1.807) is 23.6 Å². The molecule has 3 aliphatic rings. The Morgan fingerprint density at radius 2 is 1.75 bits per heavy atom. The molecule has 0 aromatic carbocycles. The van der Waals surface area contributed by atoms with Crippen LogP contribution in [0.15, 0.2) is 11.1 Å². The number of hydrogen-bond acceptors (Lipinski definition) is 5. The minimum Gasteiger partial charge on any atom is -0.450 e. The zero-order valence-corrected chi connectivity index (χ0v) is 14.3. The molecule has 0 radical (unpaired) electrons. The van der Waals surface area contributed by atoms with Gasteiger partial charge in [-0.05, 0) is 26.7 Å². The third kappa shape index (κ3) is 2.76. The van der Waals surface area contributed by atoms with Crippen LogP contribution in [-0.4, -0.2) is 66.2 Å². The normalized spacial score (nSPS) is 23.0. The average molecular weight is 336 g/mol. The molecule has 7 nitrogen and oxygen atoms in total. The molecular formula is C17H24N2O5. The van der Waals surface area contributed by atoms with Crippen molar-refractivity contribution in [2.75, 3.05) is 32.8 Å². The molecule has 0 unspecified atom stereocenters. The summed E-state index contributed by atoms with van der Waals surface area (Å²) in [5, 5.41) is 0. The van der Waals surface area contributed by atoms with Crippen LogP contribution in [0.2, 0.25) is 0 Å². The first kappa shape index (κ1) is 16.8. The molecule has 3 heterocycles. The van der Waals surface area contributed by atoms with E-state index >= 15 is 0 Å². The predicted octanol–water partition coefficient (Wildman–Crippen LogP) is 1.47. The van der Waals surface area contributed by atoms with Gasteiger partial charge in [0.15, 0.2) is 0 Å². The van der Waals surface area contributed by atoms with Crippen LogP contribution >= 0.6 is 0 Å². The standard InChI is InChI=1S/C17H24N2O5/c1-3-23-16(22)19-10-6-17(7-11-19)13(12(2)15(21)24-17)14(20)18-8-4-5-9-18/h3-11H2,1-2H3. The molecule has 3 rings (SSSR count). The van der Waals surface area contributed by atoms with Gasteiger partial charge in [0.2, 0.25) is 0 Å². The molecule has 0 aliphatic carbocycles. The zero-order chi connectivity index (χ0) is 17.3. The highest BCUT2D eigenvalue weighted by Crippen LogP contribution is 2.42. The van der Waals surface area contributed by atoms with Gasteiger partial charge in [0.1, 0.15) is 5.60 Å². The molecule has 2 amide bonds. The maximum Gasteiger partial charge on any atom is 0.409 e. The van der Waals surface area contributed by atoms with Crippen LogP contribution in [0.1, 0.15) is 39.5 Å². The summed E-state index contributed by atoms with van der Waals surface area (Å²) < 4.78 is 10.7. The summed E-state index contributed by atoms with van der Waals surface area (Å²) in [6.07, 6.45) is 2.51. The lowest BCUT2D eigenvalue weighted by Crippen LogP contribution is -2.50. The Balaban J connectivity index is 1.78. The predicted molar refractivity (Wildman–Crippen MR) is 85.2 cm³/mol. The molecule has 0 aromatic rings. The van der Waals surface area contributed by atoms with Crippen LogP contribution in [0.3, 0.4) is 0 Å². The van der Waals surface area contributed by atoms with Gasteiger partial charge >= 0.3 is 12.1 Å². The van der Waals surface area contributed by atoms with E-state index in [9.17, 15) is 14.4 Å². The summed E-state index contributed by atoms with van der Waals surface area (Å²) in [6, 6.07) is 0. The molecule has 1 spiro atoms. The topological polar surface area (TPSA) is 76.1 Å². The van der Waals surface area contributed by atoms with E-state index in [1.165, 1.54) is 0 Å². The molecule has 3 aliphatic heterocycles. The number of rotatable bonds is 2. The molecule has 24 heavy (non-hydrogen) atoms. The SMILES string of the molecule is CCOC(=O)N1CCC2(CC1)OC(=O)C(C)=C2C(=O)N1CCCC1. The lowest BCUT2D eigenvalue weighted by Gasteiger charge is -2.39. The summed E-state index contributed by atoms with van der Waals surface area (Å²) in [6.45, 7) is 6.04. The van der Waals surface area contributed by atoms with Gasteiger partial charge < -0.3 is 19.3 Å². The largest absolute Gasteiger partial charge is 0.450 e. The fraction of sp³-hybridized carbons (Fsp3) is 0.706. The lowest BCUT2D eigenvalue weighted by molar-refractivity contribution is -0.150. The molecule has 0 atom stereocenters. The number of ether oxygens (including phenoxy) is 2. The van der Waals surface area contributed by atoms with Crippen LogP contribution in [0.4, 0.5) is 4.79 Å². The van der Waals surface area contributed by atoms with Crippen molar-refractivity contribution >= 4 is 18.0 Å². The Bertz CT molecular complexity index is 584. The van der Waals surface area contributed by atoms with Gasteiger partial charge in [-0.3, -0.25) is 4.79 Å². The first-order valence-electron chi connectivity index (χ1n) is 8.64. The lowest BCUT2D eigenvalue weighted by atomic mass is 9.82. The molecular weight excluding hydrogens is 312 g/mol. The van der Waals surface area contributed by atoms with Crippen LogP contribution in [0.25, 0.3) is 0 Å². The maximum absolute atomic E-state index is 12.9. The average Bonchev–Trinajstić information content (AvgIpc) is 3.16. The van der Waals surface area contributed by atoms with E-state index in [4.69, 9.17) is 9.47 Å². The highest BCUT2D eigenvalue weighted by molar-refractivity contribution is 6.07. The first-order chi connectivity index (χ1) is 11.5. The summed E-state index contributed by atoms with van der Waals surface area (Å²) in [5.41, 5.74) is 0.0264. The minimum atomic E-state index is -0.885.